The zero-order chi connectivity index (χ0) is 23.7. The molecule has 1 aliphatic heterocycles. The van der Waals surface area contributed by atoms with Crippen molar-refractivity contribution in [2.45, 2.75) is 62.4 Å². The highest BCUT2D eigenvalue weighted by atomic mass is 16.5. The second-order valence-electron chi connectivity index (χ2n) is 9.61. The number of fused-ring (bicyclic) bond motifs is 3. The molecule has 2 aliphatic carbocycles. The second kappa shape index (κ2) is 9.12. The van der Waals surface area contributed by atoms with Crippen molar-refractivity contribution in [3.8, 4) is 11.1 Å². The number of carbonyl (C=O) groups excluding carboxylic acids is 2. The van der Waals surface area contributed by atoms with Crippen molar-refractivity contribution in [1.82, 2.24) is 10.2 Å². The molecule has 0 spiro atoms. The minimum absolute atomic E-state index is 0.0356. The monoisotopic (exact) mass is 462 g/mol. The van der Waals surface area contributed by atoms with E-state index in [2.05, 4.69) is 29.6 Å². The maximum Gasteiger partial charge on any atom is 0.408 e. The summed E-state index contributed by atoms with van der Waals surface area (Å²) < 4.78 is 5.66. The van der Waals surface area contributed by atoms with Crippen molar-refractivity contribution in [3.63, 3.8) is 0 Å². The zero-order valence-corrected chi connectivity index (χ0v) is 19.2. The lowest BCUT2D eigenvalue weighted by Crippen LogP contribution is -2.55. The molecule has 5 rings (SSSR count). The third-order valence-electron chi connectivity index (χ3n) is 7.42. The first kappa shape index (κ1) is 22.4. The molecule has 7 nitrogen and oxygen atoms in total. The standard InChI is InChI=1S/C27H30N2O5/c30-24(31)13-12-18-7-5-6-16-29(18)25(32)27(14-15-27)28-26(33)34-17-23-21-10-3-1-8-19(21)20-9-2-4-11-22(20)23/h1-4,8-11,18,23H,5-7,12-17H2,(H,28,33)(H,30,31). The van der Waals surface area contributed by atoms with Crippen molar-refractivity contribution in [3.05, 3.63) is 59.7 Å². The van der Waals surface area contributed by atoms with Gasteiger partial charge in [-0.05, 0) is 60.8 Å². The summed E-state index contributed by atoms with van der Waals surface area (Å²) in [5.41, 5.74) is 3.70. The van der Waals surface area contributed by atoms with Crippen molar-refractivity contribution in [1.29, 1.82) is 0 Å². The maximum atomic E-state index is 13.4. The van der Waals surface area contributed by atoms with Crippen molar-refractivity contribution in [2.24, 2.45) is 0 Å². The summed E-state index contributed by atoms with van der Waals surface area (Å²) in [6.07, 6.45) is 3.77. The molecule has 1 saturated carbocycles. The van der Waals surface area contributed by atoms with Gasteiger partial charge in [0, 0.05) is 24.9 Å². The minimum atomic E-state index is -0.915. The smallest absolute Gasteiger partial charge is 0.408 e. The first-order chi connectivity index (χ1) is 16.5. The van der Waals surface area contributed by atoms with E-state index in [1.165, 1.54) is 11.1 Å². The Morgan fingerprint density at radius 3 is 2.26 bits per heavy atom. The van der Waals surface area contributed by atoms with E-state index in [4.69, 9.17) is 9.84 Å². The van der Waals surface area contributed by atoms with E-state index in [0.717, 1.165) is 30.4 Å². The van der Waals surface area contributed by atoms with Crippen molar-refractivity contribution >= 4 is 18.0 Å². The lowest BCUT2D eigenvalue weighted by atomic mass is 9.96. The van der Waals surface area contributed by atoms with Gasteiger partial charge in [-0.1, -0.05) is 48.5 Å². The van der Waals surface area contributed by atoms with E-state index < -0.39 is 17.6 Å². The first-order valence-corrected chi connectivity index (χ1v) is 12.1. The number of aliphatic carboxylic acids is 1. The average Bonchev–Trinajstić information content (AvgIpc) is 3.56. The molecule has 0 radical (unpaired) electrons. The minimum Gasteiger partial charge on any atom is -0.481 e. The van der Waals surface area contributed by atoms with E-state index in [0.29, 0.717) is 25.8 Å². The van der Waals surface area contributed by atoms with Gasteiger partial charge in [0.2, 0.25) is 5.91 Å². The fourth-order valence-electron chi connectivity index (χ4n) is 5.48. The van der Waals surface area contributed by atoms with Crippen LogP contribution in [0.5, 0.6) is 0 Å². The van der Waals surface area contributed by atoms with Gasteiger partial charge in [0.05, 0.1) is 0 Å². The van der Waals surface area contributed by atoms with Crippen LogP contribution in [-0.2, 0) is 14.3 Å². The molecule has 178 valence electrons. The Balaban J connectivity index is 1.23. The first-order valence-electron chi connectivity index (χ1n) is 12.1. The molecule has 7 heteroatoms. The summed E-state index contributed by atoms with van der Waals surface area (Å²) in [6.45, 7) is 0.812. The third kappa shape index (κ3) is 4.27. The van der Waals surface area contributed by atoms with E-state index >= 15 is 0 Å². The Morgan fingerprint density at radius 1 is 1.00 bits per heavy atom. The highest BCUT2D eigenvalue weighted by Crippen LogP contribution is 2.45. The molecular formula is C27H30N2O5. The second-order valence-corrected chi connectivity index (χ2v) is 9.61. The van der Waals surface area contributed by atoms with Gasteiger partial charge in [-0.15, -0.1) is 0 Å². The number of nitrogens with one attached hydrogen (secondary N) is 1. The Kier molecular flexibility index (Phi) is 6.02. The van der Waals surface area contributed by atoms with Gasteiger partial charge in [-0.3, -0.25) is 9.59 Å². The lowest BCUT2D eigenvalue weighted by molar-refractivity contribution is -0.141. The number of hydrogen-bond donors (Lipinski definition) is 2. The number of ether oxygens (including phenoxy) is 1. The molecule has 1 heterocycles. The van der Waals surface area contributed by atoms with Crippen LogP contribution in [0.2, 0.25) is 0 Å². The Hall–Kier alpha value is -3.35. The molecule has 2 aromatic carbocycles. The van der Waals surface area contributed by atoms with E-state index in [9.17, 15) is 14.4 Å². The number of benzene rings is 2. The number of carbonyl (C=O) groups is 3. The van der Waals surface area contributed by atoms with Crippen molar-refractivity contribution < 1.29 is 24.2 Å². The molecule has 0 aromatic heterocycles. The number of likely N-dealkylation sites (tertiary alicyclic amines) is 1. The van der Waals surface area contributed by atoms with Crippen LogP contribution in [0, 0.1) is 0 Å². The summed E-state index contributed by atoms with van der Waals surface area (Å²) in [4.78, 5) is 39.0. The lowest BCUT2D eigenvalue weighted by Gasteiger charge is -2.38. The van der Waals surface area contributed by atoms with Gasteiger partial charge in [-0.2, -0.15) is 0 Å². The summed E-state index contributed by atoms with van der Waals surface area (Å²) in [5, 5.41) is 11.9. The Bertz CT molecular complexity index is 1060. The quantitative estimate of drug-likeness (QED) is 0.640. The molecule has 34 heavy (non-hydrogen) atoms. The SMILES string of the molecule is O=C(O)CCC1CCCCN1C(=O)C1(NC(=O)OCC2c3ccccc3-c3ccccc32)CC1. The van der Waals surface area contributed by atoms with Gasteiger partial charge < -0.3 is 20.1 Å². The van der Waals surface area contributed by atoms with E-state index in [1.807, 2.05) is 24.3 Å². The maximum absolute atomic E-state index is 13.4. The van der Waals surface area contributed by atoms with Crippen LogP contribution >= 0.6 is 0 Å². The van der Waals surface area contributed by atoms with Gasteiger partial charge in [0.15, 0.2) is 0 Å². The van der Waals surface area contributed by atoms with Crippen LogP contribution in [-0.4, -0.2) is 52.7 Å². The molecule has 2 aromatic rings. The Morgan fingerprint density at radius 2 is 1.65 bits per heavy atom. The van der Waals surface area contributed by atoms with Crippen LogP contribution in [0.4, 0.5) is 4.79 Å². The number of amides is 2. The molecule has 1 atom stereocenters. The summed E-state index contributed by atoms with van der Waals surface area (Å²) in [7, 11) is 0. The number of hydrogen-bond acceptors (Lipinski definition) is 4. The fraction of sp³-hybridized carbons (Fsp3) is 0.444. The zero-order valence-electron chi connectivity index (χ0n) is 19.2. The molecule has 2 fully saturated rings. The van der Waals surface area contributed by atoms with Gasteiger partial charge in [0.1, 0.15) is 12.1 Å². The molecule has 1 unspecified atom stereocenters. The molecule has 1 saturated heterocycles. The average molecular weight is 463 g/mol. The van der Waals surface area contributed by atoms with E-state index in [-0.39, 0.29) is 30.9 Å². The summed E-state index contributed by atoms with van der Waals surface area (Å²) in [5.74, 6) is -0.988. The predicted molar refractivity (Wildman–Crippen MR) is 126 cm³/mol. The van der Waals surface area contributed by atoms with E-state index in [1.54, 1.807) is 4.90 Å². The van der Waals surface area contributed by atoms with Crippen LogP contribution in [0.1, 0.15) is 62.0 Å². The Labute approximate surface area is 199 Å². The topological polar surface area (TPSA) is 95.9 Å². The highest BCUT2D eigenvalue weighted by molar-refractivity contribution is 5.93. The molecular weight excluding hydrogens is 432 g/mol. The number of rotatable bonds is 7. The largest absolute Gasteiger partial charge is 0.481 e. The normalized spacial score (nSPS) is 20.2. The number of nitrogens with zero attached hydrogens (tertiary/aromatic N) is 1. The summed E-state index contributed by atoms with van der Waals surface area (Å²) in [6, 6.07) is 16.2. The highest BCUT2D eigenvalue weighted by Gasteiger charge is 2.54. The van der Waals surface area contributed by atoms with Gasteiger partial charge in [-0.25, -0.2) is 4.79 Å². The molecule has 2 N–H and O–H groups in total. The number of carboxylic acid groups (broad SMARTS) is 1. The fourth-order valence-corrected chi connectivity index (χ4v) is 5.48. The summed E-state index contributed by atoms with van der Waals surface area (Å²) >= 11 is 0. The van der Waals surface area contributed by atoms with Crippen LogP contribution in [0.15, 0.2) is 48.5 Å². The van der Waals surface area contributed by atoms with Crippen LogP contribution in [0.3, 0.4) is 0 Å². The van der Waals surface area contributed by atoms with Gasteiger partial charge >= 0.3 is 12.1 Å². The number of alkyl carbamates (subject to hydrolysis) is 1. The molecule has 3 aliphatic rings. The number of piperidine rings is 1. The van der Waals surface area contributed by atoms with Crippen LogP contribution < -0.4 is 5.32 Å². The number of carboxylic acids is 1. The van der Waals surface area contributed by atoms with Crippen LogP contribution in [0.25, 0.3) is 11.1 Å². The van der Waals surface area contributed by atoms with Gasteiger partial charge in [0.25, 0.3) is 0 Å². The van der Waals surface area contributed by atoms with Crippen molar-refractivity contribution in [2.75, 3.05) is 13.2 Å². The molecule has 0 bridgehead atoms. The third-order valence-corrected chi connectivity index (χ3v) is 7.42. The predicted octanol–water partition coefficient (Wildman–Crippen LogP) is 4.30. The molecule has 2 amide bonds.